The maximum atomic E-state index is 13.7. The Kier molecular flexibility index (Phi) is 5.93. The van der Waals surface area contributed by atoms with Crippen LogP contribution in [0.15, 0.2) is 23.1 Å². The fourth-order valence-corrected chi connectivity index (χ4v) is 6.79. The third-order valence-electron chi connectivity index (χ3n) is 6.02. The molecule has 1 aliphatic heterocycles. The number of aliphatic hydroxyl groups is 1. The van der Waals surface area contributed by atoms with Crippen molar-refractivity contribution < 1.29 is 18.3 Å². The molecule has 1 aliphatic carbocycles. The lowest BCUT2D eigenvalue weighted by Gasteiger charge is -2.39. The van der Waals surface area contributed by atoms with Gasteiger partial charge in [-0.1, -0.05) is 25.0 Å². The van der Waals surface area contributed by atoms with Crippen LogP contribution >= 0.6 is 0 Å². The Bertz CT molecular complexity index is 792. The molecule has 0 unspecified atom stereocenters. The van der Waals surface area contributed by atoms with Crippen LogP contribution in [-0.4, -0.2) is 73.3 Å². The SMILES string of the molecule is Cc1ccc(C)c(S(=O)(=O)C2(C(=O)N3CCN(CCO)CC3)CCCC2)c1. The Morgan fingerprint density at radius 3 is 2.33 bits per heavy atom. The van der Waals surface area contributed by atoms with Gasteiger partial charge in [0.15, 0.2) is 14.6 Å². The van der Waals surface area contributed by atoms with Gasteiger partial charge in [-0.2, -0.15) is 0 Å². The number of carbonyl (C=O) groups excluding carboxylic acids is 1. The van der Waals surface area contributed by atoms with Crippen molar-refractivity contribution in [2.45, 2.75) is 49.2 Å². The third-order valence-corrected chi connectivity index (χ3v) is 8.65. The highest BCUT2D eigenvalue weighted by Crippen LogP contribution is 2.43. The van der Waals surface area contributed by atoms with Crippen molar-refractivity contribution in [3.8, 4) is 0 Å². The van der Waals surface area contributed by atoms with Crippen LogP contribution < -0.4 is 0 Å². The van der Waals surface area contributed by atoms with Crippen molar-refractivity contribution >= 4 is 15.7 Å². The first-order valence-corrected chi connectivity index (χ1v) is 11.2. The van der Waals surface area contributed by atoms with Crippen molar-refractivity contribution in [2.24, 2.45) is 0 Å². The molecular weight excluding hydrogens is 364 g/mol. The summed E-state index contributed by atoms with van der Waals surface area (Å²) in [5.74, 6) is -0.232. The quantitative estimate of drug-likeness (QED) is 0.819. The van der Waals surface area contributed by atoms with Crippen molar-refractivity contribution in [1.82, 2.24) is 9.80 Å². The molecule has 1 amide bonds. The van der Waals surface area contributed by atoms with E-state index in [0.29, 0.717) is 56.0 Å². The molecule has 0 bridgehead atoms. The maximum absolute atomic E-state index is 13.7. The van der Waals surface area contributed by atoms with E-state index >= 15 is 0 Å². The highest BCUT2D eigenvalue weighted by molar-refractivity contribution is 7.93. The molecule has 150 valence electrons. The van der Waals surface area contributed by atoms with Gasteiger partial charge >= 0.3 is 0 Å². The zero-order valence-corrected chi connectivity index (χ0v) is 17.1. The van der Waals surface area contributed by atoms with Gasteiger partial charge in [0.1, 0.15) is 0 Å². The van der Waals surface area contributed by atoms with E-state index in [0.717, 1.165) is 18.4 Å². The molecule has 6 nitrogen and oxygen atoms in total. The van der Waals surface area contributed by atoms with E-state index in [1.165, 1.54) is 0 Å². The Morgan fingerprint density at radius 2 is 1.74 bits per heavy atom. The number of hydrogen-bond donors (Lipinski definition) is 1. The number of amides is 1. The molecule has 1 saturated heterocycles. The molecule has 0 spiro atoms. The molecule has 1 saturated carbocycles. The van der Waals surface area contributed by atoms with E-state index in [9.17, 15) is 13.2 Å². The lowest BCUT2D eigenvalue weighted by atomic mass is 10.0. The predicted octanol–water partition coefficient (Wildman–Crippen LogP) is 1.53. The van der Waals surface area contributed by atoms with Gasteiger partial charge in [-0.25, -0.2) is 8.42 Å². The minimum Gasteiger partial charge on any atom is -0.395 e. The van der Waals surface area contributed by atoms with E-state index in [1.54, 1.807) is 17.9 Å². The first kappa shape index (κ1) is 20.3. The van der Waals surface area contributed by atoms with Crippen LogP contribution in [-0.2, 0) is 14.6 Å². The number of rotatable bonds is 5. The second-order valence-electron chi connectivity index (χ2n) is 7.83. The standard InChI is InChI=1S/C20H30N2O4S/c1-16-5-6-17(2)18(15-16)27(25,26)20(7-3-4-8-20)19(24)22-11-9-21(10-12-22)13-14-23/h5-6,15,23H,3-4,7-14H2,1-2H3. The summed E-state index contributed by atoms with van der Waals surface area (Å²) in [5, 5.41) is 9.09. The van der Waals surface area contributed by atoms with Gasteiger partial charge in [-0.05, 0) is 43.9 Å². The fourth-order valence-electron chi connectivity index (χ4n) is 4.36. The molecule has 27 heavy (non-hydrogen) atoms. The highest BCUT2D eigenvalue weighted by atomic mass is 32.2. The summed E-state index contributed by atoms with van der Waals surface area (Å²) in [5.41, 5.74) is 1.59. The number of piperazine rings is 1. The van der Waals surface area contributed by atoms with Crippen molar-refractivity contribution in [3.05, 3.63) is 29.3 Å². The van der Waals surface area contributed by atoms with Gasteiger partial charge in [0.05, 0.1) is 11.5 Å². The molecule has 7 heteroatoms. The molecule has 1 aromatic rings. The number of hydrogen-bond acceptors (Lipinski definition) is 5. The maximum Gasteiger partial charge on any atom is 0.244 e. The van der Waals surface area contributed by atoms with Gasteiger partial charge in [0, 0.05) is 32.7 Å². The Hall–Kier alpha value is -1.44. The smallest absolute Gasteiger partial charge is 0.244 e. The first-order chi connectivity index (χ1) is 12.8. The summed E-state index contributed by atoms with van der Waals surface area (Å²) in [7, 11) is -3.77. The number of β-amino-alcohol motifs (C(OH)–C–C–N with tert-alkyl or cyclic N) is 1. The number of sulfone groups is 1. The van der Waals surface area contributed by atoms with Crippen molar-refractivity contribution in [3.63, 3.8) is 0 Å². The molecule has 2 aliphatic rings. The Labute approximate surface area is 162 Å². The Balaban J connectivity index is 1.92. The molecule has 1 N–H and O–H groups in total. The van der Waals surface area contributed by atoms with Crippen LogP contribution in [0.25, 0.3) is 0 Å². The zero-order chi connectivity index (χ0) is 19.7. The zero-order valence-electron chi connectivity index (χ0n) is 16.3. The first-order valence-electron chi connectivity index (χ1n) is 9.76. The minimum atomic E-state index is -3.77. The molecule has 0 radical (unpaired) electrons. The van der Waals surface area contributed by atoms with E-state index < -0.39 is 14.6 Å². The van der Waals surface area contributed by atoms with Gasteiger partial charge in [-0.15, -0.1) is 0 Å². The van der Waals surface area contributed by atoms with Gasteiger partial charge in [0.25, 0.3) is 0 Å². The molecule has 2 fully saturated rings. The number of aliphatic hydroxyl groups excluding tert-OH is 1. The van der Waals surface area contributed by atoms with E-state index in [1.807, 2.05) is 19.1 Å². The molecular formula is C20H30N2O4S. The minimum absolute atomic E-state index is 0.0961. The molecule has 0 aromatic heterocycles. The summed E-state index contributed by atoms with van der Waals surface area (Å²) in [6.45, 7) is 6.74. The average Bonchev–Trinajstić information content (AvgIpc) is 3.16. The van der Waals surface area contributed by atoms with Crippen molar-refractivity contribution in [2.75, 3.05) is 39.3 Å². The number of benzene rings is 1. The molecule has 1 heterocycles. The van der Waals surface area contributed by atoms with Crippen molar-refractivity contribution in [1.29, 1.82) is 0 Å². The van der Waals surface area contributed by atoms with Crippen LogP contribution in [0.1, 0.15) is 36.8 Å². The number of nitrogens with zero attached hydrogens (tertiary/aromatic N) is 2. The van der Waals surface area contributed by atoms with E-state index in [2.05, 4.69) is 4.90 Å². The molecule has 0 atom stereocenters. The summed E-state index contributed by atoms with van der Waals surface area (Å²) < 4.78 is 26.1. The van der Waals surface area contributed by atoms with Crippen LogP contribution in [0.3, 0.4) is 0 Å². The van der Waals surface area contributed by atoms with Gasteiger partial charge in [0.2, 0.25) is 5.91 Å². The summed E-state index contributed by atoms with van der Waals surface area (Å²) in [6.07, 6.45) is 2.33. The van der Waals surface area contributed by atoms with Crippen LogP contribution in [0.5, 0.6) is 0 Å². The lowest BCUT2D eigenvalue weighted by Crippen LogP contribution is -2.57. The van der Waals surface area contributed by atoms with Gasteiger partial charge in [-0.3, -0.25) is 9.69 Å². The highest BCUT2D eigenvalue weighted by Gasteiger charge is 2.55. The van der Waals surface area contributed by atoms with E-state index in [-0.39, 0.29) is 12.5 Å². The largest absolute Gasteiger partial charge is 0.395 e. The van der Waals surface area contributed by atoms with Crippen LogP contribution in [0.4, 0.5) is 0 Å². The van der Waals surface area contributed by atoms with E-state index in [4.69, 9.17) is 5.11 Å². The van der Waals surface area contributed by atoms with Gasteiger partial charge < -0.3 is 10.0 Å². The average molecular weight is 395 g/mol. The summed E-state index contributed by atoms with van der Waals surface area (Å²) in [4.78, 5) is 17.6. The number of carbonyl (C=O) groups is 1. The van der Waals surface area contributed by atoms with Crippen LogP contribution in [0, 0.1) is 13.8 Å². The normalized spacial score (nSPS) is 20.8. The monoisotopic (exact) mass is 394 g/mol. The summed E-state index contributed by atoms with van der Waals surface area (Å²) in [6, 6.07) is 5.43. The lowest BCUT2D eigenvalue weighted by molar-refractivity contribution is -0.135. The molecule has 1 aromatic carbocycles. The fraction of sp³-hybridized carbons (Fsp3) is 0.650. The number of aryl methyl sites for hydroxylation is 2. The predicted molar refractivity (Wildman–Crippen MR) is 104 cm³/mol. The third kappa shape index (κ3) is 3.65. The molecule has 3 rings (SSSR count). The second-order valence-corrected chi connectivity index (χ2v) is 10.1. The van der Waals surface area contributed by atoms with Crippen LogP contribution in [0.2, 0.25) is 0 Å². The topological polar surface area (TPSA) is 77.9 Å². The second kappa shape index (κ2) is 7.89. The Morgan fingerprint density at radius 1 is 1.11 bits per heavy atom. The summed E-state index contributed by atoms with van der Waals surface area (Å²) >= 11 is 0.